The SMILES string of the molecule is OCCOCCOCCC(F)(F)F. The average Bonchev–Trinajstić information content (AvgIpc) is 2.01. The minimum atomic E-state index is -4.16. The predicted octanol–water partition coefficient (Wildman–Crippen LogP) is 0.964. The van der Waals surface area contributed by atoms with Crippen molar-refractivity contribution in [3.8, 4) is 0 Å². The normalized spacial score (nSPS) is 12.0. The first kappa shape index (κ1) is 12.7. The Balaban J connectivity index is 3.00. The molecule has 80 valence electrons. The molecule has 0 fully saturated rings. The monoisotopic (exact) mass is 202 g/mol. The second-order valence-electron chi connectivity index (χ2n) is 2.31. The maximum atomic E-state index is 11.5. The third-order valence-corrected chi connectivity index (χ3v) is 1.14. The van der Waals surface area contributed by atoms with E-state index < -0.39 is 12.6 Å². The molecule has 0 bridgehead atoms. The molecule has 0 heterocycles. The van der Waals surface area contributed by atoms with Gasteiger partial charge in [-0.25, -0.2) is 0 Å². The fourth-order valence-electron chi connectivity index (χ4n) is 0.574. The van der Waals surface area contributed by atoms with Gasteiger partial charge in [0.2, 0.25) is 0 Å². The van der Waals surface area contributed by atoms with E-state index in [1.54, 1.807) is 0 Å². The summed E-state index contributed by atoms with van der Waals surface area (Å²) >= 11 is 0. The molecule has 0 atom stereocenters. The molecule has 6 heteroatoms. The third kappa shape index (κ3) is 11.7. The van der Waals surface area contributed by atoms with Crippen LogP contribution >= 0.6 is 0 Å². The summed E-state index contributed by atoms with van der Waals surface area (Å²) in [6.45, 7) is 0.0751. The second kappa shape index (κ2) is 7.11. The number of hydrogen-bond donors (Lipinski definition) is 1. The quantitative estimate of drug-likeness (QED) is 0.625. The fraction of sp³-hybridized carbons (Fsp3) is 1.00. The Hall–Kier alpha value is -0.330. The summed E-state index contributed by atoms with van der Waals surface area (Å²) in [6.07, 6.45) is -5.10. The molecule has 0 aliphatic heterocycles. The molecule has 13 heavy (non-hydrogen) atoms. The van der Waals surface area contributed by atoms with Gasteiger partial charge in [-0.1, -0.05) is 0 Å². The van der Waals surface area contributed by atoms with E-state index in [9.17, 15) is 13.2 Å². The Morgan fingerprint density at radius 1 is 0.923 bits per heavy atom. The molecule has 0 spiro atoms. The zero-order valence-electron chi connectivity index (χ0n) is 7.14. The van der Waals surface area contributed by atoms with Gasteiger partial charge in [0.1, 0.15) is 0 Å². The molecule has 0 saturated carbocycles. The molecule has 0 amide bonds. The lowest BCUT2D eigenvalue weighted by Gasteiger charge is -2.07. The highest BCUT2D eigenvalue weighted by atomic mass is 19.4. The summed E-state index contributed by atoms with van der Waals surface area (Å²) in [5.41, 5.74) is 0. The van der Waals surface area contributed by atoms with Crippen LogP contribution in [0.3, 0.4) is 0 Å². The maximum absolute atomic E-state index is 11.5. The van der Waals surface area contributed by atoms with Crippen LogP contribution in [0.4, 0.5) is 13.2 Å². The molecule has 0 rings (SSSR count). The largest absolute Gasteiger partial charge is 0.394 e. The molecule has 0 aromatic carbocycles. The number of alkyl halides is 3. The van der Waals surface area contributed by atoms with Crippen molar-refractivity contribution in [3.63, 3.8) is 0 Å². The van der Waals surface area contributed by atoms with Crippen LogP contribution in [0.2, 0.25) is 0 Å². The van der Waals surface area contributed by atoms with Crippen LogP contribution in [-0.2, 0) is 9.47 Å². The minimum Gasteiger partial charge on any atom is -0.394 e. The van der Waals surface area contributed by atoms with Gasteiger partial charge < -0.3 is 14.6 Å². The van der Waals surface area contributed by atoms with Crippen molar-refractivity contribution in [2.45, 2.75) is 12.6 Å². The van der Waals surface area contributed by atoms with E-state index in [1.165, 1.54) is 0 Å². The van der Waals surface area contributed by atoms with E-state index in [1.807, 2.05) is 0 Å². The molecule has 0 aliphatic carbocycles. The number of aliphatic hydroxyl groups excluding tert-OH is 1. The Morgan fingerprint density at radius 3 is 1.92 bits per heavy atom. The third-order valence-electron chi connectivity index (χ3n) is 1.14. The Kier molecular flexibility index (Phi) is 6.93. The molecule has 0 saturated heterocycles. The predicted molar refractivity (Wildman–Crippen MR) is 39.4 cm³/mol. The van der Waals surface area contributed by atoms with E-state index in [4.69, 9.17) is 9.84 Å². The first-order valence-electron chi connectivity index (χ1n) is 3.89. The van der Waals surface area contributed by atoms with Crippen LogP contribution in [0, 0.1) is 0 Å². The average molecular weight is 202 g/mol. The van der Waals surface area contributed by atoms with Gasteiger partial charge in [-0.3, -0.25) is 0 Å². The van der Waals surface area contributed by atoms with Gasteiger partial charge in [-0.2, -0.15) is 13.2 Å². The van der Waals surface area contributed by atoms with E-state index in [0.29, 0.717) is 0 Å². The molecule has 0 unspecified atom stereocenters. The number of aliphatic hydroxyl groups is 1. The fourth-order valence-corrected chi connectivity index (χ4v) is 0.574. The van der Waals surface area contributed by atoms with Crippen LogP contribution in [-0.4, -0.2) is 44.3 Å². The highest BCUT2D eigenvalue weighted by Gasteiger charge is 2.26. The number of ether oxygens (including phenoxy) is 2. The van der Waals surface area contributed by atoms with Gasteiger partial charge in [0.15, 0.2) is 0 Å². The topological polar surface area (TPSA) is 38.7 Å². The molecule has 1 N–H and O–H groups in total. The van der Waals surface area contributed by atoms with Gasteiger partial charge in [0.05, 0.1) is 39.5 Å². The Labute approximate surface area is 74.4 Å². The lowest BCUT2D eigenvalue weighted by atomic mass is 10.4. The van der Waals surface area contributed by atoms with Crippen LogP contribution < -0.4 is 0 Å². The van der Waals surface area contributed by atoms with E-state index in [2.05, 4.69) is 4.74 Å². The standard InChI is InChI=1S/C7H13F3O3/c8-7(9,10)1-3-12-5-6-13-4-2-11/h11H,1-6H2. The lowest BCUT2D eigenvalue weighted by Crippen LogP contribution is -2.14. The summed E-state index contributed by atoms with van der Waals surface area (Å²) in [4.78, 5) is 0. The summed E-state index contributed by atoms with van der Waals surface area (Å²) in [5, 5.41) is 8.26. The zero-order valence-corrected chi connectivity index (χ0v) is 7.14. The minimum absolute atomic E-state index is 0.0947. The summed E-state index contributed by atoms with van der Waals surface area (Å²) in [5.74, 6) is 0. The first-order valence-corrected chi connectivity index (χ1v) is 3.89. The molecule has 0 aromatic rings. The van der Waals surface area contributed by atoms with Crippen molar-refractivity contribution in [1.82, 2.24) is 0 Å². The molecule has 3 nitrogen and oxygen atoms in total. The summed E-state index contributed by atoms with van der Waals surface area (Å²) in [6, 6.07) is 0. The van der Waals surface area contributed by atoms with Gasteiger partial charge in [0.25, 0.3) is 0 Å². The molecular weight excluding hydrogens is 189 g/mol. The van der Waals surface area contributed by atoms with Gasteiger partial charge >= 0.3 is 6.18 Å². The first-order chi connectivity index (χ1) is 6.06. The van der Waals surface area contributed by atoms with Crippen molar-refractivity contribution in [1.29, 1.82) is 0 Å². The molecule has 0 aromatic heterocycles. The van der Waals surface area contributed by atoms with Gasteiger partial charge in [-0.05, 0) is 0 Å². The van der Waals surface area contributed by atoms with Crippen LogP contribution in [0.25, 0.3) is 0 Å². The number of hydrogen-bond acceptors (Lipinski definition) is 3. The van der Waals surface area contributed by atoms with Crippen molar-refractivity contribution in [2.24, 2.45) is 0 Å². The Bertz CT molecular complexity index is 116. The highest BCUT2D eigenvalue weighted by molar-refractivity contribution is 4.47. The zero-order chi connectivity index (χ0) is 10.2. The van der Waals surface area contributed by atoms with Crippen molar-refractivity contribution >= 4 is 0 Å². The number of halogens is 3. The highest BCUT2D eigenvalue weighted by Crippen LogP contribution is 2.18. The van der Waals surface area contributed by atoms with E-state index >= 15 is 0 Å². The van der Waals surface area contributed by atoms with Crippen molar-refractivity contribution in [2.75, 3.05) is 33.0 Å². The van der Waals surface area contributed by atoms with Crippen molar-refractivity contribution < 1.29 is 27.8 Å². The van der Waals surface area contributed by atoms with Crippen LogP contribution in [0.5, 0.6) is 0 Å². The molecular formula is C7H13F3O3. The second-order valence-corrected chi connectivity index (χ2v) is 2.31. The van der Waals surface area contributed by atoms with Gasteiger partial charge in [0, 0.05) is 0 Å². The van der Waals surface area contributed by atoms with Crippen LogP contribution in [0.15, 0.2) is 0 Å². The molecule has 0 aliphatic rings. The maximum Gasteiger partial charge on any atom is 0.391 e. The lowest BCUT2D eigenvalue weighted by molar-refractivity contribution is -0.146. The van der Waals surface area contributed by atoms with Gasteiger partial charge in [-0.15, -0.1) is 0 Å². The molecule has 0 radical (unpaired) electrons. The van der Waals surface area contributed by atoms with E-state index in [0.717, 1.165) is 0 Å². The summed E-state index contributed by atoms with van der Waals surface area (Å²) in [7, 11) is 0. The van der Waals surface area contributed by atoms with Crippen LogP contribution in [0.1, 0.15) is 6.42 Å². The van der Waals surface area contributed by atoms with E-state index in [-0.39, 0.29) is 33.0 Å². The summed E-state index contributed by atoms with van der Waals surface area (Å²) < 4.78 is 44.0. The smallest absolute Gasteiger partial charge is 0.391 e. The number of rotatable bonds is 7. The van der Waals surface area contributed by atoms with Crippen molar-refractivity contribution in [3.05, 3.63) is 0 Å². The Morgan fingerprint density at radius 2 is 1.46 bits per heavy atom.